The van der Waals surface area contributed by atoms with Crippen LogP contribution >= 0.6 is 46.9 Å². The Balaban J connectivity index is -0.000000240. The van der Waals surface area contributed by atoms with Crippen molar-refractivity contribution in [1.82, 2.24) is 0 Å². The molecule has 0 atom stereocenters. The number of phosphoric acid groups is 6. The average molecular weight is 515 g/mol. The Hall–Kier alpha value is 4.48. The molecule has 0 aromatic carbocycles. The van der Waals surface area contributed by atoms with E-state index in [9.17, 15) is 56.8 Å². The first-order valence-electron chi connectivity index (χ1n) is 4.38. The van der Waals surface area contributed by atoms with Gasteiger partial charge in [-0.1, -0.05) is 0 Å². The normalized spacial score (nSPS) is 44.2. The molecule has 1 aliphatic rings. The fraction of sp³-hybridized carbons (Fsp3) is 0. The number of rotatable bonds is 0. The van der Waals surface area contributed by atoms with Crippen LogP contribution in [0, 0.1) is 0 Å². The number of hydrogen-bond acceptors (Lipinski definition) is 18. The summed E-state index contributed by atoms with van der Waals surface area (Å²) in [5, 5.41) is 0. The van der Waals surface area contributed by atoms with E-state index < -0.39 is 46.9 Å². The summed E-state index contributed by atoms with van der Waals surface area (Å²) in [4.78, 5) is 65.8. The van der Waals surface area contributed by atoms with Gasteiger partial charge in [-0.25, -0.2) is 25.9 Å². The Morgan fingerprint density at radius 2 is 0.367 bits per heavy atom. The summed E-state index contributed by atoms with van der Waals surface area (Å²) in [5.74, 6) is 0. The molecule has 0 unspecified atom stereocenters. The Labute approximate surface area is 240 Å². The van der Waals surface area contributed by atoms with Crippen molar-refractivity contribution < 1.29 is 196 Å². The minimum atomic E-state index is -6.56. The van der Waals surface area contributed by atoms with Crippen molar-refractivity contribution >= 4 is 46.9 Å². The first-order chi connectivity index (χ1) is 10.2. The molecule has 30 heavy (non-hydrogen) atoms. The van der Waals surface area contributed by atoms with Gasteiger partial charge in [-0.3, -0.25) is 27.4 Å². The maximum absolute atomic E-state index is 11.0. The van der Waals surface area contributed by atoms with Gasteiger partial charge in [0.1, 0.15) is 0 Å². The molecular weight excluding hydrogens is 515 g/mol. The second-order valence-electron chi connectivity index (χ2n) is 3.17. The molecular formula is Li6O18P6. The van der Waals surface area contributed by atoms with E-state index in [1.165, 1.54) is 0 Å². The molecule has 1 saturated heterocycles. The van der Waals surface area contributed by atoms with E-state index in [1.54, 1.807) is 0 Å². The van der Waals surface area contributed by atoms with Crippen molar-refractivity contribution in [1.29, 1.82) is 0 Å². The van der Waals surface area contributed by atoms with Crippen LogP contribution in [0.25, 0.3) is 0 Å². The Bertz CT molecular complexity index is 596. The molecule has 0 spiro atoms. The van der Waals surface area contributed by atoms with Crippen LogP contribution in [0.4, 0.5) is 0 Å². The van der Waals surface area contributed by atoms with Crippen LogP contribution < -0.4 is 143 Å². The maximum atomic E-state index is 11.0. The van der Waals surface area contributed by atoms with Crippen LogP contribution in [0.3, 0.4) is 0 Å². The van der Waals surface area contributed by atoms with Gasteiger partial charge in [-0.2, -0.15) is 0 Å². The van der Waals surface area contributed by atoms with E-state index >= 15 is 0 Å². The van der Waals surface area contributed by atoms with Crippen molar-refractivity contribution in [2.45, 2.75) is 0 Å². The predicted octanol–water partition coefficient (Wildman–Crippen LogP) is -21.1. The van der Waals surface area contributed by atoms with Crippen molar-refractivity contribution in [2.24, 2.45) is 0 Å². The summed E-state index contributed by atoms with van der Waals surface area (Å²) >= 11 is 0. The van der Waals surface area contributed by atoms with E-state index in [-0.39, 0.29) is 113 Å². The van der Waals surface area contributed by atoms with Crippen LogP contribution in [0.2, 0.25) is 0 Å². The topological polar surface area (TPSA) is 296 Å². The Morgan fingerprint density at radius 1 is 0.300 bits per heavy atom. The molecule has 0 N–H and O–H groups in total. The van der Waals surface area contributed by atoms with Crippen molar-refractivity contribution in [3.05, 3.63) is 0 Å². The molecule has 1 aliphatic heterocycles. The third kappa shape index (κ3) is 19.6. The molecule has 1 heterocycles. The van der Waals surface area contributed by atoms with E-state index in [0.29, 0.717) is 0 Å². The van der Waals surface area contributed by atoms with E-state index in [4.69, 9.17) is 0 Å². The van der Waals surface area contributed by atoms with Crippen LogP contribution in [-0.4, -0.2) is 0 Å². The van der Waals surface area contributed by atoms with Gasteiger partial charge in [-0.05, 0) is 0 Å². The van der Waals surface area contributed by atoms with Gasteiger partial charge < -0.3 is 29.4 Å². The zero-order valence-electron chi connectivity index (χ0n) is 16.0. The van der Waals surface area contributed by atoms with Gasteiger partial charge in [0.2, 0.25) is 0 Å². The van der Waals surface area contributed by atoms with Crippen molar-refractivity contribution in [3.63, 3.8) is 0 Å². The van der Waals surface area contributed by atoms with E-state index in [2.05, 4.69) is 25.9 Å². The van der Waals surface area contributed by atoms with Gasteiger partial charge in [0.25, 0.3) is 46.9 Å². The fourth-order valence-electron chi connectivity index (χ4n) is 0.824. The van der Waals surface area contributed by atoms with Crippen LogP contribution in [0.1, 0.15) is 0 Å². The predicted molar refractivity (Wildman–Crippen MR) is 52.1 cm³/mol. The molecule has 0 saturated carbocycles. The first kappa shape index (κ1) is 47.7. The first-order valence-corrected chi connectivity index (χ1v) is 13.1. The summed E-state index contributed by atoms with van der Waals surface area (Å²) in [6.45, 7) is 0. The van der Waals surface area contributed by atoms with E-state index in [0.717, 1.165) is 0 Å². The summed E-state index contributed by atoms with van der Waals surface area (Å²) < 4.78 is 83.4. The maximum Gasteiger partial charge on any atom is 1.00 e. The van der Waals surface area contributed by atoms with Crippen LogP contribution in [0.5, 0.6) is 0 Å². The van der Waals surface area contributed by atoms with Gasteiger partial charge >= 0.3 is 113 Å². The summed E-state index contributed by atoms with van der Waals surface area (Å²) in [7, 11) is -39.3. The summed E-state index contributed by atoms with van der Waals surface area (Å²) in [5.41, 5.74) is 0. The van der Waals surface area contributed by atoms with Gasteiger partial charge in [0.15, 0.2) is 0 Å². The number of hydrogen-bond donors (Lipinski definition) is 0. The zero-order chi connectivity index (χ0) is 19.2. The average Bonchev–Trinajstić information content (AvgIpc) is 1.98. The summed E-state index contributed by atoms with van der Waals surface area (Å²) in [6, 6.07) is 0. The third-order valence-corrected chi connectivity index (χ3v) is 10.8. The minimum absolute atomic E-state index is 0. The molecule has 0 aliphatic carbocycles. The standard InChI is InChI=1S/6Li.H6O18P6/c;;;;;;1-19(2)13-20(3,4)15-22(7,8)17-24(11,12)18-23(9,10)16-21(5,6)14-19/h;;;;;;(H,1,2)(H,3,4)(H,5,6)(H,7,8)(H,9,10)(H,11,12)/q6*+1;/p-6. The molecule has 30 heteroatoms. The van der Waals surface area contributed by atoms with Gasteiger partial charge in [0.05, 0.1) is 0 Å². The van der Waals surface area contributed by atoms with Gasteiger partial charge in [-0.15, -0.1) is 0 Å². The molecule has 144 valence electrons. The fourth-order valence-corrected chi connectivity index (χ4v) is 9.03. The quantitative estimate of drug-likeness (QED) is 0.213. The second-order valence-corrected chi connectivity index (χ2v) is 12.5. The van der Waals surface area contributed by atoms with Crippen molar-refractivity contribution in [3.8, 4) is 0 Å². The van der Waals surface area contributed by atoms with Gasteiger partial charge in [0, 0.05) is 0 Å². The smallest absolute Gasteiger partial charge is 0.756 e. The van der Waals surface area contributed by atoms with Crippen molar-refractivity contribution in [2.75, 3.05) is 0 Å². The Kier molecular flexibility index (Phi) is 26.0. The van der Waals surface area contributed by atoms with Crippen LogP contribution in [0.15, 0.2) is 0 Å². The molecule has 0 bridgehead atoms. The largest absolute Gasteiger partial charge is 1.00 e. The minimum Gasteiger partial charge on any atom is -0.756 e. The molecule has 0 aromatic rings. The summed E-state index contributed by atoms with van der Waals surface area (Å²) in [6.07, 6.45) is 0. The molecule has 1 fully saturated rings. The Morgan fingerprint density at radius 3 is 0.433 bits per heavy atom. The second kappa shape index (κ2) is 16.4. The zero-order valence-corrected chi connectivity index (χ0v) is 21.4. The monoisotopic (exact) mass is 516 g/mol. The van der Waals surface area contributed by atoms with E-state index in [1.807, 2.05) is 0 Å². The molecule has 18 nitrogen and oxygen atoms in total. The molecule has 0 radical (unpaired) electrons. The third-order valence-electron chi connectivity index (χ3n) is 1.20. The molecule has 0 amide bonds. The molecule has 1 rings (SSSR count). The molecule has 0 aromatic heterocycles. The van der Waals surface area contributed by atoms with Crippen LogP contribution in [-0.2, 0) is 53.3 Å². The SMILES string of the molecule is O=P1([O-])OP(=O)([O-])OP(=O)([O-])OP(=O)([O-])OP(=O)([O-])OP(=O)([O-])O1.[Li+].[Li+].[Li+].[Li+].[Li+].[Li+].